The monoisotopic (exact) mass is 246 g/mol. The first-order valence-electron chi connectivity index (χ1n) is 6.22. The number of nitrogens with zero attached hydrogens (tertiary/aromatic N) is 1. The van der Waals surface area contributed by atoms with Crippen molar-refractivity contribution >= 4 is 18.3 Å². The Morgan fingerprint density at radius 3 is 2.25 bits per heavy atom. The van der Waals surface area contributed by atoms with Crippen molar-refractivity contribution in [2.45, 2.75) is 57.0 Å². The summed E-state index contributed by atoms with van der Waals surface area (Å²) in [5.41, 5.74) is 5.97. The molecule has 2 N–H and O–H groups in total. The van der Waals surface area contributed by atoms with Crippen molar-refractivity contribution in [2.24, 2.45) is 11.7 Å². The summed E-state index contributed by atoms with van der Waals surface area (Å²) in [6.07, 6.45) is 8.06. The first-order valence-corrected chi connectivity index (χ1v) is 6.22. The van der Waals surface area contributed by atoms with E-state index in [9.17, 15) is 4.79 Å². The third-order valence-corrected chi connectivity index (χ3v) is 4.11. The third-order valence-electron chi connectivity index (χ3n) is 4.11. The van der Waals surface area contributed by atoms with Gasteiger partial charge in [-0.3, -0.25) is 4.79 Å². The summed E-state index contributed by atoms with van der Waals surface area (Å²) < 4.78 is 0. The second-order valence-corrected chi connectivity index (χ2v) is 5.09. The quantitative estimate of drug-likeness (QED) is 0.810. The molecule has 1 amide bonds. The lowest BCUT2D eigenvalue weighted by molar-refractivity contribution is -0.136. The van der Waals surface area contributed by atoms with Crippen molar-refractivity contribution in [1.29, 1.82) is 0 Å². The van der Waals surface area contributed by atoms with Gasteiger partial charge in [0.05, 0.1) is 5.92 Å². The van der Waals surface area contributed by atoms with Crippen molar-refractivity contribution in [2.75, 3.05) is 7.05 Å². The van der Waals surface area contributed by atoms with Crippen LogP contribution in [0.2, 0.25) is 0 Å². The molecule has 0 saturated heterocycles. The third kappa shape index (κ3) is 2.69. The Hall–Kier alpha value is -0.280. The Labute approximate surface area is 104 Å². The van der Waals surface area contributed by atoms with E-state index in [1.54, 1.807) is 0 Å². The van der Waals surface area contributed by atoms with E-state index in [1.807, 2.05) is 11.9 Å². The molecule has 2 aliphatic carbocycles. The Morgan fingerprint density at radius 1 is 1.12 bits per heavy atom. The number of amides is 1. The number of halogens is 1. The smallest absolute Gasteiger partial charge is 0.227 e. The van der Waals surface area contributed by atoms with Gasteiger partial charge >= 0.3 is 0 Å². The van der Waals surface area contributed by atoms with E-state index >= 15 is 0 Å². The van der Waals surface area contributed by atoms with Gasteiger partial charge in [-0.2, -0.15) is 0 Å². The lowest BCUT2D eigenvalue weighted by atomic mass is 10.0. The van der Waals surface area contributed by atoms with Gasteiger partial charge in [0.25, 0.3) is 0 Å². The fourth-order valence-corrected chi connectivity index (χ4v) is 3.03. The number of nitrogens with two attached hydrogens (primary N) is 1. The second kappa shape index (κ2) is 5.87. The van der Waals surface area contributed by atoms with Gasteiger partial charge in [0.1, 0.15) is 0 Å². The fraction of sp³-hybridized carbons (Fsp3) is 0.917. The molecule has 2 rings (SSSR count). The minimum atomic E-state index is 0. The molecule has 0 spiro atoms. The Bertz CT molecular complexity index is 241. The average molecular weight is 247 g/mol. The fourth-order valence-electron chi connectivity index (χ4n) is 3.03. The zero-order valence-electron chi connectivity index (χ0n) is 10.0. The van der Waals surface area contributed by atoms with Crippen LogP contribution in [0.1, 0.15) is 44.9 Å². The lowest BCUT2D eigenvalue weighted by Gasteiger charge is -2.28. The molecule has 3 nitrogen and oxygen atoms in total. The number of hydrogen-bond acceptors (Lipinski definition) is 2. The number of carbonyl (C=O) groups is 1. The minimum Gasteiger partial charge on any atom is -0.342 e. The highest BCUT2D eigenvalue weighted by molar-refractivity contribution is 5.85. The van der Waals surface area contributed by atoms with Crippen LogP contribution in [0.15, 0.2) is 0 Å². The van der Waals surface area contributed by atoms with E-state index in [2.05, 4.69) is 0 Å². The summed E-state index contributed by atoms with van der Waals surface area (Å²) in [5.74, 6) is 0.405. The average Bonchev–Trinajstić information content (AvgIpc) is 2.85. The molecule has 0 aromatic heterocycles. The highest BCUT2D eigenvalue weighted by Gasteiger charge is 2.34. The molecule has 0 heterocycles. The van der Waals surface area contributed by atoms with Gasteiger partial charge in [-0.25, -0.2) is 0 Å². The van der Waals surface area contributed by atoms with E-state index in [4.69, 9.17) is 5.73 Å². The molecule has 2 saturated carbocycles. The molecule has 0 bridgehead atoms. The molecule has 0 radical (unpaired) electrons. The maximum atomic E-state index is 12.2. The van der Waals surface area contributed by atoms with Crippen LogP contribution in [0.4, 0.5) is 0 Å². The van der Waals surface area contributed by atoms with Crippen LogP contribution in [-0.4, -0.2) is 29.9 Å². The van der Waals surface area contributed by atoms with Crippen molar-refractivity contribution in [3.05, 3.63) is 0 Å². The number of rotatable bonds is 2. The van der Waals surface area contributed by atoms with Gasteiger partial charge in [0, 0.05) is 19.1 Å². The highest BCUT2D eigenvalue weighted by Crippen LogP contribution is 2.29. The van der Waals surface area contributed by atoms with Crippen LogP contribution < -0.4 is 5.73 Å². The van der Waals surface area contributed by atoms with E-state index in [0.29, 0.717) is 11.9 Å². The molecule has 2 aliphatic rings. The van der Waals surface area contributed by atoms with Crippen LogP contribution in [-0.2, 0) is 4.79 Å². The molecule has 2 unspecified atom stereocenters. The van der Waals surface area contributed by atoms with Crippen LogP contribution in [0.25, 0.3) is 0 Å². The molecular weight excluding hydrogens is 224 g/mol. The van der Waals surface area contributed by atoms with Gasteiger partial charge in [0.15, 0.2) is 0 Å². The molecule has 0 aromatic rings. The number of carbonyl (C=O) groups excluding carboxylic acids is 1. The standard InChI is InChI=1S/C12H22N2O.ClH/c1-14(9-5-2-3-6-9)12(15)10-7-4-8-11(10)13;/h9-11H,2-8,13H2,1H3;1H. The summed E-state index contributed by atoms with van der Waals surface area (Å²) in [4.78, 5) is 14.2. The van der Waals surface area contributed by atoms with Gasteiger partial charge in [-0.15, -0.1) is 12.4 Å². The molecule has 0 aliphatic heterocycles. The molecule has 2 atom stereocenters. The Kier molecular flexibility index (Phi) is 5.06. The maximum absolute atomic E-state index is 12.2. The van der Waals surface area contributed by atoms with Crippen LogP contribution >= 0.6 is 12.4 Å². The van der Waals surface area contributed by atoms with E-state index in [0.717, 1.165) is 19.3 Å². The van der Waals surface area contributed by atoms with Crippen LogP contribution in [0, 0.1) is 5.92 Å². The van der Waals surface area contributed by atoms with Crippen LogP contribution in [0.5, 0.6) is 0 Å². The first kappa shape index (κ1) is 13.8. The summed E-state index contributed by atoms with van der Waals surface area (Å²) >= 11 is 0. The largest absolute Gasteiger partial charge is 0.342 e. The van der Waals surface area contributed by atoms with Gasteiger partial charge in [-0.1, -0.05) is 19.3 Å². The normalized spacial score (nSPS) is 30.1. The first-order chi connectivity index (χ1) is 7.20. The van der Waals surface area contributed by atoms with Crippen molar-refractivity contribution in [1.82, 2.24) is 4.90 Å². The predicted octanol–water partition coefficient (Wildman–Crippen LogP) is 1.94. The van der Waals surface area contributed by atoms with E-state index in [-0.39, 0.29) is 24.4 Å². The second-order valence-electron chi connectivity index (χ2n) is 5.09. The minimum absolute atomic E-state index is 0. The topological polar surface area (TPSA) is 46.3 Å². The zero-order valence-corrected chi connectivity index (χ0v) is 10.8. The molecule has 4 heteroatoms. The van der Waals surface area contributed by atoms with Crippen molar-refractivity contribution in [3.63, 3.8) is 0 Å². The van der Waals surface area contributed by atoms with Gasteiger partial charge < -0.3 is 10.6 Å². The van der Waals surface area contributed by atoms with E-state index < -0.39 is 0 Å². The Morgan fingerprint density at radius 2 is 1.75 bits per heavy atom. The lowest BCUT2D eigenvalue weighted by Crippen LogP contribution is -2.43. The Balaban J connectivity index is 0.00000128. The summed E-state index contributed by atoms with van der Waals surface area (Å²) in [6, 6.07) is 0.603. The predicted molar refractivity (Wildman–Crippen MR) is 67.6 cm³/mol. The van der Waals surface area contributed by atoms with Gasteiger partial charge in [0.2, 0.25) is 5.91 Å². The van der Waals surface area contributed by atoms with Crippen LogP contribution in [0.3, 0.4) is 0 Å². The molecule has 16 heavy (non-hydrogen) atoms. The molecule has 2 fully saturated rings. The van der Waals surface area contributed by atoms with Gasteiger partial charge in [-0.05, 0) is 25.7 Å². The summed E-state index contributed by atoms with van der Waals surface area (Å²) in [5, 5.41) is 0. The van der Waals surface area contributed by atoms with Crippen molar-refractivity contribution < 1.29 is 4.79 Å². The van der Waals surface area contributed by atoms with Crippen molar-refractivity contribution in [3.8, 4) is 0 Å². The maximum Gasteiger partial charge on any atom is 0.227 e. The number of hydrogen-bond donors (Lipinski definition) is 1. The summed E-state index contributed by atoms with van der Waals surface area (Å²) in [7, 11) is 1.96. The SMILES string of the molecule is CN(C(=O)C1CCCC1N)C1CCCC1.Cl. The highest BCUT2D eigenvalue weighted by atomic mass is 35.5. The molecule has 94 valence electrons. The van der Waals surface area contributed by atoms with E-state index in [1.165, 1.54) is 25.7 Å². The molecular formula is C12H23ClN2O. The zero-order chi connectivity index (χ0) is 10.8. The molecule has 0 aromatic carbocycles. The summed E-state index contributed by atoms with van der Waals surface area (Å²) in [6.45, 7) is 0.